The molecular formula is C20H13ClFNO3. The van der Waals surface area contributed by atoms with Gasteiger partial charge >= 0.3 is 0 Å². The number of amides is 2. The number of fused-ring (bicyclic) bond motifs is 1. The quantitative estimate of drug-likeness (QED) is 0.723. The maximum atomic E-state index is 13.9. The molecule has 1 aliphatic heterocycles. The predicted molar refractivity (Wildman–Crippen MR) is 92.4 cm³/mol. The van der Waals surface area contributed by atoms with Gasteiger partial charge in [0.1, 0.15) is 11.6 Å². The summed E-state index contributed by atoms with van der Waals surface area (Å²) in [6, 6.07) is 11.4. The smallest absolute Gasteiger partial charge is 0.238 e. The second kappa shape index (κ2) is 5.24. The van der Waals surface area contributed by atoms with Crippen LogP contribution in [0.15, 0.2) is 42.5 Å². The fourth-order valence-corrected chi connectivity index (χ4v) is 4.96. The van der Waals surface area contributed by atoms with Crippen LogP contribution in [0.5, 0.6) is 0 Å². The van der Waals surface area contributed by atoms with Crippen molar-refractivity contribution in [2.24, 2.45) is 11.8 Å². The number of ketones is 1. The van der Waals surface area contributed by atoms with E-state index < -0.39 is 29.5 Å². The van der Waals surface area contributed by atoms with Gasteiger partial charge in [0.25, 0.3) is 0 Å². The number of imide groups is 1. The number of carbonyl (C=O) groups is 3. The minimum Gasteiger partial charge on any atom is -0.299 e. The van der Waals surface area contributed by atoms with E-state index in [9.17, 15) is 18.8 Å². The third-order valence-corrected chi connectivity index (χ3v) is 6.16. The fourth-order valence-electron chi connectivity index (χ4n) is 4.84. The molecule has 1 saturated heterocycles. The van der Waals surface area contributed by atoms with E-state index in [1.165, 1.54) is 12.1 Å². The van der Waals surface area contributed by atoms with Gasteiger partial charge < -0.3 is 0 Å². The summed E-state index contributed by atoms with van der Waals surface area (Å²) in [6.45, 7) is 0. The predicted octanol–water partition coefficient (Wildman–Crippen LogP) is 3.44. The van der Waals surface area contributed by atoms with Gasteiger partial charge in [-0.05, 0) is 29.3 Å². The van der Waals surface area contributed by atoms with Crippen LogP contribution in [0.2, 0.25) is 5.02 Å². The number of nitrogens with zero attached hydrogens (tertiary/aromatic N) is 1. The molecule has 3 aliphatic carbocycles. The number of halogens is 2. The van der Waals surface area contributed by atoms with Gasteiger partial charge in [0, 0.05) is 12.3 Å². The molecule has 6 heteroatoms. The summed E-state index contributed by atoms with van der Waals surface area (Å²) in [5, 5.41) is -0.0760. The standard InChI is InChI=1S/C20H13ClFNO3/c21-13-6-5-9(7-14(13)22)23-19(25)17-12-8-15(24)16(18(17)20(23)26)11-4-2-1-3-10(11)12/h1-7,12,16-18H,8H2/t12-,16+,17+,18+/m0/s1. The number of rotatable bonds is 1. The van der Waals surface area contributed by atoms with Crippen LogP contribution in [0, 0.1) is 17.7 Å². The number of hydrogen-bond acceptors (Lipinski definition) is 3. The molecule has 2 aromatic rings. The van der Waals surface area contributed by atoms with Gasteiger partial charge in [-0.15, -0.1) is 0 Å². The summed E-state index contributed by atoms with van der Waals surface area (Å²) in [6.07, 6.45) is 0.269. The highest BCUT2D eigenvalue weighted by Gasteiger charge is 2.62. The molecule has 2 fully saturated rings. The summed E-state index contributed by atoms with van der Waals surface area (Å²) in [5.74, 6) is -3.66. The van der Waals surface area contributed by atoms with Crippen molar-refractivity contribution in [3.63, 3.8) is 0 Å². The first-order chi connectivity index (χ1) is 12.5. The van der Waals surface area contributed by atoms with Crippen molar-refractivity contribution < 1.29 is 18.8 Å². The Kier molecular flexibility index (Phi) is 3.16. The number of benzene rings is 2. The molecule has 2 aromatic carbocycles. The summed E-state index contributed by atoms with van der Waals surface area (Å²) >= 11 is 5.71. The molecule has 130 valence electrons. The lowest BCUT2D eigenvalue weighted by atomic mass is 9.56. The Balaban J connectivity index is 1.65. The summed E-state index contributed by atoms with van der Waals surface area (Å²) in [7, 11) is 0. The van der Waals surface area contributed by atoms with Crippen LogP contribution in [0.1, 0.15) is 29.4 Å². The zero-order valence-electron chi connectivity index (χ0n) is 13.5. The summed E-state index contributed by atoms with van der Waals surface area (Å²) in [5.41, 5.74) is 1.98. The number of hydrogen-bond donors (Lipinski definition) is 0. The molecule has 2 amide bonds. The Hall–Kier alpha value is -2.53. The van der Waals surface area contributed by atoms with E-state index in [0.717, 1.165) is 22.1 Å². The minimum atomic E-state index is -0.706. The van der Waals surface area contributed by atoms with Crippen molar-refractivity contribution in [2.75, 3.05) is 4.90 Å². The molecule has 1 heterocycles. The van der Waals surface area contributed by atoms with E-state index in [1.54, 1.807) is 0 Å². The van der Waals surface area contributed by atoms with Gasteiger partial charge in [-0.25, -0.2) is 9.29 Å². The third-order valence-electron chi connectivity index (χ3n) is 5.85. The van der Waals surface area contributed by atoms with Gasteiger partial charge in [-0.2, -0.15) is 0 Å². The lowest BCUT2D eigenvalue weighted by molar-refractivity contribution is -0.134. The second-order valence-corrected chi connectivity index (χ2v) is 7.45. The zero-order chi connectivity index (χ0) is 18.2. The third kappa shape index (κ3) is 1.86. The van der Waals surface area contributed by atoms with E-state index in [2.05, 4.69) is 0 Å². The first-order valence-electron chi connectivity index (χ1n) is 8.43. The molecule has 4 nitrogen and oxygen atoms in total. The molecule has 0 radical (unpaired) electrons. The highest BCUT2D eigenvalue weighted by atomic mass is 35.5. The Morgan fingerprint density at radius 1 is 0.962 bits per heavy atom. The molecule has 2 bridgehead atoms. The Bertz CT molecular complexity index is 1000. The van der Waals surface area contributed by atoms with Crippen molar-refractivity contribution in [3.8, 4) is 0 Å². The monoisotopic (exact) mass is 369 g/mol. The van der Waals surface area contributed by atoms with Crippen LogP contribution < -0.4 is 4.90 Å². The summed E-state index contributed by atoms with van der Waals surface area (Å²) < 4.78 is 13.9. The summed E-state index contributed by atoms with van der Waals surface area (Å²) in [4.78, 5) is 39.8. The van der Waals surface area contributed by atoms with E-state index in [1.807, 2.05) is 24.3 Å². The molecule has 4 atom stereocenters. The molecule has 4 aliphatic rings. The maximum absolute atomic E-state index is 13.9. The van der Waals surface area contributed by atoms with Crippen LogP contribution in [0.25, 0.3) is 0 Å². The average molecular weight is 370 g/mol. The van der Waals surface area contributed by atoms with Crippen molar-refractivity contribution in [1.29, 1.82) is 0 Å². The molecule has 0 unspecified atom stereocenters. The highest BCUT2D eigenvalue weighted by molar-refractivity contribution is 6.31. The number of carbonyl (C=O) groups excluding carboxylic acids is 3. The fraction of sp³-hybridized carbons (Fsp3) is 0.250. The minimum absolute atomic E-state index is 0.000219. The number of Topliss-reactive ketones (excluding diaryl/α,β-unsaturated/α-hetero) is 1. The van der Waals surface area contributed by atoms with Gasteiger partial charge in [-0.1, -0.05) is 35.9 Å². The van der Waals surface area contributed by atoms with Crippen molar-refractivity contribution in [1.82, 2.24) is 0 Å². The van der Waals surface area contributed by atoms with Gasteiger partial charge in [0.15, 0.2) is 0 Å². The van der Waals surface area contributed by atoms with Gasteiger partial charge in [-0.3, -0.25) is 14.4 Å². The van der Waals surface area contributed by atoms with Crippen LogP contribution in [0.4, 0.5) is 10.1 Å². The first-order valence-corrected chi connectivity index (χ1v) is 8.81. The van der Waals surface area contributed by atoms with Crippen molar-refractivity contribution >= 4 is 34.9 Å². The van der Waals surface area contributed by atoms with E-state index >= 15 is 0 Å². The Labute approximate surface area is 153 Å². The second-order valence-electron chi connectivity index (χ2n) is 7.05. The van der Waals surface area contributed by atoms with Crippen LogP contribution in [-0.2, 0) is 14.4 Å². The van der Waals surface area contributed by atoms with E-state index in [4.69, 9.17) is 11.6 Å². The molecule has 6 rings (SSSR count). The first kappa shape index (κ1) is 15.7. The Morgan fingerprint density at radius 2 is 1.65 bits per heavy atom. The largest absolute Gasteiger partial charge is 0.299 e. The maximum Gasteiger partial charge on any atom is 0.238 e. The zero-order valence-corrected chi connectivity index (χ0v) is 14.2. The molecule has 0 N–H and O–H groups in total. The van der Waals surface area contributed by atoms with Gasteiger partial charge in [0.05, 0.1) is 28.5 Å². The van der Waals surface area contributed by atoms with Crippen LogP contribution >= 0.6 is 11.6 Å². The highest BCUT2D eigenvalue weighted by Crippen LogP contribution is 2.57. The van der Waals surface area contributed by atoms with E-state index in [0.29, 0.717) is 0 Å². The SMILES string of the molecule is O=C1C[C@H]2c3ccccc3[C@H]1[C@H]1C(=O)N(c3ccc(Cl)c(F)c3)C(=O)[C@@H]12. The Morgan fingerprint density at radius 3 is 2.38 bits per heavy atom. The molecule has 0 spiro atoms. The average Bonchev–Trinajstić information content (AvgIpc) is 2.90. The molecular weight excluding hydrogens is 357 g/mol. The molecule has 0 aromatic heterocycles. The normalized spacial score (nSPS) is 29.2. The topological polar surface area (TPSA) is 54.5 Å². The van der Waals surface area contributed by atoms with Gasteiger partial charge in [0.2, 0.25) is 11.8 Å². The van der Waals surface area contributed by atoms with Crippen LogP contribution in [-0.4, -0.2) is 17.6 Å². The van der Waals surface area contributed by atoms with E-state index in [-0.39, 0.29) is 34.7 Å². The number of anilines is 1. The molecule has 26 heavy (non-hydrogen) atoms. The van der Waals surface area contributed by atoms with Crippen LogP contribution in [0.3, 0.4) is 0 Å². The lowest BCUT2D eigenvalue weighted by Gasteiger charge is -2.43. The van der Waals surface area contributed by atoms with Crippen molar-refractivity contribution in [2.45, 2.75) is 18.3 Å². The van der Waals surface area contributed by atoms with Crippen molar-refractivity contribution in [3.05, 3.63) is 64.4 Å². The lowest BCUT2D eigenvalue weighted by Crippen LogP contribution is -2.44. The molecule has 1 saturated carbocycles.